The van der Waals surface area contributed by atoms with Crippen LogP contribution in [0, 0.1) is 0 Å². The lowest BCUT2D eigenvalue weighted by atomic mass is 10.1. The zero-order valence-electron chi connectivity index (χ0n) is 5.95. The molecule has 0 unspecified atom stereocenters. The van der Waals surface area contributed by atoms with Crippen molar-refractivity contribution >= 4 is 5.97 Å². The van der Waals surface area contributed by atoms with Crippen LogP contribution in [0.3, 0.4) is 0 Å². The highest BCUT2D eigenvalue weighted by Crippen LogP contribution is 1.99. The van der Waals surface area contributed by atoms with Crippen LogP contribution in [0.5, 0.6) is 0 Å². The SMILES string of the molecule is CC[C@@H](O)C[C@@H](N)C(=O)O. The average molecular weight is 147 g/mol. The summed E-state index contributed by atoms with van der Waals surface area (Å²) in [5.74, 6) is -1.06. The van der Waals surface area contributed by atoms with E-state index >= 15 is 0 Å². The standard InChI is InChI=1S/C6H13NO3/c1-2-4(8)3-5(7)6(9)10/h4-5,8H,2-3,7H2,1H3,(H,9,10)/t4-,5-/m1/s1. The van der Waals surface area contributed by atoms with Gasteiger partial charge in [0.1, 0.15) is 6.04 Å². The molecule has 0 rings (SSSR count). The fourth-order valence-electron chi connectivity index (χ4n) is 0.561. The number of aliphatic hydroxyl groups excluding tert-OH is 1. The van der Waals surface area contributed by atoms with E-state index in [4.69, 9.17) is 15.9 Å². The van der Waals surface area contributed by atoms with Crippen LogP contribution in [-0.2, 0) is 4.79 Å². The number of carboxylic acid groups (broad SMARTS) is 1. The molecule has 60 valence electrons. The molecule has 0 aliphatic heterocycles. The van der Waals surface area contributed by atoms with Crippen LogP contribution in [0.1, 0.15) is 19.8 Å². The van der Waals surface area contributed by atoms with Crippen LogP contribution < -0.4 is 5.73 Å². The lowest BCUT2D eigenvalue weighted by Gasteiger charge is -2.09. The third-order valence-electron chi connectivity index (χ3n) is 1.31. The molecule has 4 heteroatoms. The van der Waals surface area contributed by atoms with E-state index in [1.165, 1.54) is 0 Å². The zero-order chi connectivity index (χ0) is 8.15. The second kappa shape index (κ2) is 4.24. The molecule has 0 saturated carbocycles. The van der Waals surface area contributed by atoms with Gasteiger partial charge in [0.15, 0.2) is 0 Å². The molecule has 0 radical (unpaired) electrons. The molecule has 0 aromatic rings. The quantitative estimate of drug-likeness (QED) is 0.503. The molecular weight excluding hydrogens is 134 g/mol. The van der Waals surface area contributed by atoms with Crippen molar-refractivity contribution in [3.8, 4) is 0 Å². The van der Waals surface area contributed by atoms with Crippen LogP contribution in [0.2, 0.25) is 0 Å². The minimum absolute atomic E-state index is 0.131. The molecule has 0 spiro atoms. The van der Waals surface area contributed by atoms with Crippen molar-refractivity contribution in [1.29, 1.82) is 0 Å². The topological polar surface area (TPSA) is 83.5 Å². The molecule has 0 amide bonds. The number of nitrogens with two attached hydrogens (primary N) is 1. The summed E-state index contributed by atoms with van der Waals surface area (Å²) in [7, 11) is 0. The van der Waals surface area contributed by atoms with Gasteiger partial charge in [-0.2, -0.15) is 0 Å². The zero-order valence-corrected chi connectivity index (χ0v) is 5.95. The van der Waals surface area contributed by atoms with E-state index in [1.807, 2.05) is 0 Å². The molecular formula is C6H13NO3. The first-order valence-electron chi connectivity index (χ1n) is 3.24. The summed E-state index contributed by atoms with van der Waals surface area (Å²) in [6.45, 7) is 1.78. The first kappa shape index (κ1) is 9.39. The maximum absolute atomic E-state index is 10.1. The minimum Gasteiger partial charge on any atom is -0.480 e. The Bertz CT molecular complexity index is 116. The minimum atomic E-state index is -1.06. The number of carboxylic acids is 1. The monoisotopic (exact) mass is 147 g/mol. The third-order valence-corrected chi connectivity index (χ3v) is 1.31. The number of aliphatic hydroxyl groups is 1. The van der Waals surface area contributed by atoms with Crippen molar-refractivity contribution in [3.63, 3.8) is 0 Å². The van der Waals surface area contributed by atoms with Crippen molar-refractivity contribution < 1.29 is 15.0 Å². The first-order chi connectivity index (χ1) is 4.57. The Labute approximate surface area is 59.7 Å². The summed E-state index contributed by atoms with van der Waals surface area (Å²) >= 11 is 0. The van der Waals surface area contributed by atoms with Crippen LogP contribution in [0.25, 0.3) is 0 Å². The number of hydrogen-bond donors (Lipinski definition) is 3. The van der Waals surface area contributed by atoms with Gasteiger partial charge in [0, 0.05) is 0 Å². The van der Waals surface area contributed by atoms with E-state index in [9.17, 15) is 4.79 Å². The van der Waals surface area contributed by atoms with E-state index in [2.05, 4.69) is 0 Å². The fraction of sp³-hybridized carbons (Fsp3) is 0.833. The fourth-order valence-corrected chi connectivity index (χ4v) is 0.561. The Morgan fingerprint density at radius 2 is 2.20 bits per heavy atom. The van der Waals surface area contributed by atoms with Gasteiger partial charge in [-0.25, -0.2) is 0 Å². The van der Waals surface area contributed by atoms with Gasteiger partial charge in [-0.3, -0.25) is 4.79 Å². The number of hydrogen-bond acceptors (Lipinski definition) is 3. The Morgan fingerprint density at radius 3 is 2.50 bits per heavy atom. The molecule has 0 aromatic carbocycles. The van der Waals surface area contributed by atoms with Gasteiger partial charge in [-0.15, -0.1) is 0 Å². The van der Waals surface area contributed by atoms with E-state index < -0.39 is 18.1 Å². The Balaban J connectivity index is 3.56. The summed E-state index contributed by atoms with van der Waals surface area (Å²) in [5, 5.41) is 17.2. The smallest absolute Gasteiger partial charge is 0.320 e. The van der Waals surface area contributed by atoms with Crippen molar-refractivity contribution in [1.82, 2.24) is 0 Å². The summed E-state index contributed by atoms with van der Waals surface area (Å²) in [5.41, 5.74) is 5.13. The van der Waals surface area contributed by atoms with Gasteiger partial charge in [-0.1, -0.05) is 6.92 Å². The second-order valence-electron chi connectivity index (χ2n) is 2.24. The van der Waals surface area contributed by atoms with Crippen LogP contribution in [0.4, 0.5) is 0 Å². The molecule has 0 saturated heterocycles. The Hall–Kier alpha value is -0.610. The van der Waals surface area contributed by atoms with Crippen molar-refractivity contribution in [2.45, 2.75) is 31.9 Å². The second-order valence-corrected chi connectivity index (χ2v) is 2.24. The molecule has 0 bridgehead atoms. The van der Waals surface area contributed by atoms with Gasteiger partial charge < -0.3 is 15.9 Å². The van der Waals surface area contributed by atoms with Gasteiger partial charge >= 0.3 is 5.97 Å². The summed E-state index contributed by atoms with van der Waals surface area (Å²) in [6, 6.07) is -0.935. The van der Waals surface area contributed by atoms with Crippen molar-refractivity contribution in [2.24, 2.45) is 5.73 Å². The third kappa shape index (κ3) is 3.42. The summed E-state index contributed by atoms with van der Waals surface area (Å²) in [4.78, 5) is 10.1. The van der Waals surface area contributed by atoms with Crippen LogP contribution >= 0.6 is 0 Å². The highest BCUT2D eigenvalue weighted by Gasteiger charge is 2.14. The number of carbonyl (C=O) groups is 1. The summed E-state index contributed by atoms with van der Waals surface area (Å²) in [6.07, 6.45) is 0.0819. The molecule has 0 aliphatic carbocycles. The normalized spacial score (nSPS) is 16.3. The van der Waals surface area contributed by atoms with Gasteiger partial charge in [-0.05, 0) is 12.8 Å². The van der Waals surface area contributed by atoms with E-state index in [0.29, 0.717) is 6.42 Å². The van der Waals surface area contributed by atoms with E-state index in [1.54, 1.807) is 6.92 Å². The molecule has 10 heavy (non-hydrogen) atoms. The van der Waals surface area contributed by atoms with E-state index in [0.717, 1.165) is 0 Å². The molecule has 0 heterocycles. The molecule has 0 aliphatic rings. The lowest BCUT2D eigenvalue weighted by Crippen LogP contribution is -2.33. The Kier molecular flexibility index (Phi) is 3.99. The number of aliphatic carboxylic acids is 1. The van der Waals surface area contributed by atoms with Gasteiger partial charge in [0.25, 0.3) is 0 Å². The number of rotatable bonds is 4. The predicted molar refractivity (Wildman–Crippen MR) is 36.5 cm³/mol. The lowest BCUT2D eigenvalue weighted by molar-refractivity contribution is -0.139. The predicted octanol–water partition coefficient (Wildman–Crippen LogP) is -0.441. The largest absolute Gasteiger partial charge is 0.480 e. The molecule has 4 nitrogen and oxygen atoms in total. The van der Waals surface area contributed by atoms with Crippen molar-refractivity contribution in [3.05, 3.63) is 0 Å². The van der Waals surface area contributed by atoms with E-state index in [-0.39, 0.29) is 6.42 Å². The average Bonchev–Trinajstić information content (AvgIpc) is 1.87. The van der Waals surface area contributed by atoms with Gasteiger partial charge in [0.2, 0.25) is 0 Å². The molecule has 4 N–H and O–H groups in total. The van der Waals surface area contributed by atoms with Crippen molar-refractivity contribution in [2.75, 3.05) is 0 Å². The molecule has 0 aromatic heterocycles. The first-order valence-corrected chi connectivity index (χ1v) is 3.24. The highest BCUT2D eigenvalue weighted by molar-refractivity contribution is 5.73. The molecule has 0 fully saturated rings. The van der Waals surface area contributed by atoms with Gasteiger partial charge in [0.05, 0.1) is 6.10 Å². The maximum Gasteiger partial charge on any atom is 0.320 e. The summed E-state index contributed by atoms with van der Waals surface area (Å²) < 4.78 is 0. The Morgan fingerprint density at radius 1 is 1.70 bits per heavy atom. The van der Waals surface area contributed by atoms with Crippen LogP contribution in [-0.4, -0.2) is 28.3 Å². The van der Waals surface area contributed by atoms with Crippen LogP contribution in [0.15, 0.2) is 0 Å². The highest BCUT2D eigenvalue weighted by atomic mass is 16.4. The maximum atomic E-state index is 10.1. The molecule has 2 atom stereocenters.